The summed E-state index contributed by atoms with van der Waals surface area (Å²) in [5.41, 5.74) is 0.984. The SMILES string of the molecule is Cc1ncc(CNC(=O)N[C@@H]2CCO[C@H]2c2cnn(C(C)C)c2)o1. The number of ether oxygens (including phenoxy) is 1. The summed E-state index contributed by atoms with van der Waals surface area (Å²) in [6.07, 6.45) is 5.99. The molecule has 2 aromatic rings. The van der Waals surface area contributed by atoms with Crippen LogP contribution in [0.15, 0.2) is 23.0 Å². The Hall–Kier alpha value is -2.35. The molecule has 0 radical (unpaired) electrons. The van der Waals surface area contributed by atoms with Crippen LogP contribution in [0.2, 0.25) is 0 Å². The number of rotatable bonds is 5. The highest BCUT2D eigenvalue weighted by atomic mass is 16.5. The van der Waals surface area contributed by atoms with E-state index in [0.717, 1.165) is 12.0 Å². The lowest BCUT2D eigenvalue weighted by molar-refractivity contribution is 0.0998. The van der Waals surface area contributed by atoms with Crippen molar-refractivity contribution in [2.75, 3.05) is 6.61 Å². The van der Waals surface area contributed by atoms with E-state index in [4.69, 9.17) is 9.15 Å². The van der Waals surface area contributed by atoms with Crippen molar-refractivity contribution in [3.8, 4) is 0 Å². The van der Waals surface area contributed by atoms with Crippen molar-refractivity contribution in [2.45, 2.75) is 51.9 Å². The number of carbonyl (C=O) groups excluding carboxylic acids is 1. The molecule has 24 heavy (non-hydrogen) atoms. The first-order valence-corrected chi connectivity index (χ1v) is 8.14. The van der Waals surface area contributed by atoms with Gasteiger partial charge in [0.2, 0.25) is 0 Å². The molecule has 2 atom stereocenters. The molecule has 8 heteroatoms. The third kappa shape index (κ3) is 3.76. The Morgan fingerprint density at radius 3 is 2.96 bits per heavy atom. The van der Waals surface area contributed by atoms with E-state index in [2.05, 4.69) is 34.6 Å². The highest BCUT2D eigenvalue weighted by molar-refractivity contribution is 5.74. The number of nitrogens with one attached hydrogen (secondary N) is 2. The summed E-state index contributed by atoms with van der Waals surface area (Å²) in [5, 5.41) is 10.1. The number of urea groups is 1. The average Bonchev–Trinajstić information content (AvgIpc) is 3.24. The number of aromatic nitrogens is 3. The van der Waals surface area contributed by atoms with Crippen LogP contribution in [0, 0.1) is 6.92 Å². The summed E-state index contributed by atoms with van der Waals surface area (Å²) in [5.74, 6) is 1.21. The lowest BCUT2D eigenvalue weighted by atomic mass is 10.1. The van der Waals surface area contributed by atoms with Gasteiger partial charge in [0.05, 0.1) is 25.0 Å². The van der Waals surface area contributed by atoms with Gasteiger partial charge in [-0.1, -0.05) is 0 Å². The van der Waals surface area contributed by atoms with Gasteiger partial charge in [-0.2, -0.15) is 5.10 Å². The van der Waals surface area contributed by atoms with Crippen LogP contribution in [0.4, 0.5) is 4.79 Å². The van der Waals surface area contributed by atoms with E-state index in [1.807, 2.05) is 10.9 Å². The maximum Gasteiger partial charge on any atom is 0.315 e. The van der Waals surface area contributed by atoms with Crippen LogP contribution < -0.4 is 10.6 Å². The van der Waals surface area contributed by atoms with Gasteiger partial charge in [0.15, 0.2) is 5.89 Å². The van der Waals surface area contributed by atoms with Crippen LogP contribution in [0.3, 0.4) is 0 Å². The molecule has 2 aromatic heterocycles. The van der Waals surface area contributed by atoms with Gasteiger partial charge >= 0.3 is 6.03 Å². The second kappa shape index (κ2) is 7.04. The Bertz CT molecular complexity index is 693. The lowest BCUT2D eigenvalue weighted by Gasteiger charge is -2.19. The molecule has 0 saturated carbocycles. The van der Waals surface area contributed by atoms with Crippen LogP contribution in [0.25, 0.3) is 0 Å². The van der Waals surface area contributed by atoms with Crippen molar-refractivity contribution in [1.29, 1.82) is 0 Å². The minimum Gasteiger partial charge on any atom is -0.444 e. The molecule has 0 unspecified atom stereocenters. The highest BCUT2D eigenvalue weighted by Crippen LogP contribution is 2.29. The number of hydrogen-bond acceptors (Lipinski definition) is 5. The molecule has 3 rings (SSSR count). The van der Waals surface area contributed by atoms with Crippen LogP contribution in [-0.4, -0.2) is 33.4 Å². The standard InChI is InChI=1S/C16H23N5O3/c1-10(2)21-9-12(6-19-21)15-14(4-5-23-15)20-16(22)18-8-13-7-17-11(3)24-13/h6-7,9-10,14-15H,4-5,8H2,1-3H3,(H2,18,20,22)/t14-,15+/m1/s1. The van der Waals surface area contributed by atoms with Gasteiger partial charge in [-0.3, -0.25) is 4.68 Å². The molecule has 8 nitrogen and oxygen atoms in total. The summed E-state index contributed by atoms with van der Waals surface area (Å²) in [7, 11) is 0. The van der Waals surface area contributed by atoms with Crippen molar-refractivity contribution in [2.24, 2.45) is 0 Å². The number of nitrogens with zero attached hydrogens (tertiary/aromatic N) is 3. The first-order valence-electron chi connectivity index (χ1n) is 8.14. The zero-order valence-electron chi connectivity index (χ0n) is 14.2. The molecular formula is C16H23N5O3. The summed E-state index contributed by atoms with van der Waals surface area (Å²) in [4.78, 5) is 16.1. The van der Waals surface area contributed by atoms with Crippen molar-refractivity contribution >= 4 is 6.03 Å². The fourth-order valence-electron chi connectivity index (χ4n) is 2.72. The minimum atomic E-state index is -0.249. The van der Waals surface area contributed by atoms with Gasteiger partial charge in [0.25, 0.3) is 0 Å². The number of carbonyl (C=O) groups is 1. The topological polar surface area (TPSA) is 94.2 Å². The van der Waals surface area contributed by atoms with E-state index in [9.17, 15) is 4.79 Å². The van der Waals surface area contributed by atoms with Crippen LogP contribution in [0.1, 0.15) is 49.6 Å². The summed E-state index contributed by atoms with van der Waals surface area (Å²) < 4.78 is 13.0. The predicted molar refractivity (Wildman–Crippen MR) is 86.3 cm³/mol. The summed E-state index contributed by atoms with van der Waals surface area (Å²) >= 11 is 0. The summed E-state index contributed by atoms with van der Waals surface area (Å²) in [6.45, 7) is 6.82. The van der Waals surface area contributed by atoms with E-state index >= 15 is 0 Å². The Labute approximate surface area is 140 Å². The first-order chi connectivity index (χ1) is 11.5. The van der Waals surface area contributed by atoms with E-state index < -0.39 is 0 Å². The molecule has 0 bridgehead atoms. The van der Waals surface area contributed by atoms with Gasteiger partial charge in [0, 0.05) is 31.3 Å². The highest BCUT2D eigenvalue weighted by Gasteiger charge is 2.32. The number of amides is 2. The normalized spacial score (nSPS) is 20.5. The number of aryl methyl sites for hydroxylation is 1. The van der Waals surface area contributed by atoms with Crippen molar-refractivity contribution in [3.63, 3.8) is 0 Å². The molecule has 1 saturated heterocycles. The van der Waals surface area contributed by atoms with Gasteiger partial charge in [0.1, 0.15) is 11.9 Å². The lowest BCUT2D eigenvalue weighted by Crippen LogP contribution is -2.43. The van der Waals surface area contributed by atoms with Gasteiger partial charge in [-0.15, -0.1) is 0 Å². The molecule has 130 valence electrons. The zero-order valence-corrected chi connectivity index (χ0v) is 14.2. The number of oxazole rings is 1. The van der Waals surface area contributed by atoms with Crippen molar-refractivity contribution in [3.05, 3.63) is 35.8 Å². The molecular weight excluding hydrogens is 310 g/mol. The monoisotopic (exact) mass is 333 g/mol. The Morgan fingerprint density at radius 1 is 1.46 bits per heavy atom. The van der Waals surface area contributed by atoms with E-state index in [-0.39, 0.29) is 18.2 Å². The molecule has 0 spiro atoms. The van der Waals surface area contributed by atoms with Gasteiger partial charge in [-0.05, 0) is 20.3 Å². The summed E-state index contributed by atoms with van der Waals surface area (Å²) in [6, 6.07) is -0.0349. The van der Waals surface area contributed by atoms with Gasteiger partial charge < -0.3 is 19.8 Å². The molecule has 0 aromatic carbocycles. The molecule has 1 aliphatic rings. The Balaban J connectivity index is 1.55. The van der Waals surface area contributed by atoms with Crippen LogP contribution in [0.5, 0.6) is 0 Å². The number of hydrogen-bond donors (Lipinski definition) is 2. The van der Waals surface area contributed by atoms with Gasteiger partial charge in [-0.25, -0.2) is 9.78 Å². The van der Waals surface area contributed by atoms with Crippen molar-refractivity contribution in [1.82, 2.24) is 25.4 Å². The molecule has 2 N–H and O–H groups in total. The third-order valence-corrected chi connectivity index (χ3v) is 3.98. The predicted octanol–water partition coefficient (Wildman–Crippen LogP) is 2.09. The molecule has 3 heterocycles. The largest absolute Gasteiger partial charge is 0.444 e. The fourth-order valence-corrected chi connectivity index (χ4v) is 2.72. The van der Waals surface area contributed by atoms with E-state index in [1.54, 1.807) is 19.3 Å². The Morgan fingerprint density at radius 2 is 2.29 bits per heavy atom. The average molecular weight is 333 g/mol. The van der Waals surface area contributed by atoms with Crippen LogP contribution in [-0.2, 0) is 11.3 Å². The quantitative estimate of drug-likeness (QED) is 0.874. The second-order valence-corrected chi connectivity index (χ2v) is 6.21. The van der Waals surface area contributed by atoms with Crippen molar-refractivity contribution < 1.29 is 13.9 Å². The second-order valence-electron chi connectivity index (χ2n) is 6.21. The molecule has 1 fully saturated rings. The smallest absolute Gasteiger partial charge is 0.315 e. The Kier molecular flexibility index (Phi) is 4.84. The minimum absolute atomic E-state index is 0.0775. The maximum absolute atomic E-state index is 12.1. The van der Waals surface area contributed by atoms with E-state index in [0.29, 0.717) is 30.8 Å². The molecule has 0 aliphatic carbocycles. The first kappa shape index (κ1) is 16.5. The van der Waals surface area contributed by atoms with Crippen LogP contribution >= 0.6 is 0 Å². The zero-order chi connectivity index (χ0) is 17.1. The fraction of sp³-hybridized carbons (Fsp3) is 0.562. The molecule has 1 aliphatic heterocycles. The molecule has 2 amide bonds. The maximum atomic E-state index is 12.1. The third-order valence-electron chi connectivity index (χ3n) is 3.98. The van der Waals surface area contributed by atoms with E-state index in [1.165, 1.54) is 0 Å².